The number of amides is 1. The number of anilines is 1. The topological polar surface area (TPSA) is 54.4 Å². The molecule has 0 aliphatic carbocycles. The summed E-state index contributed by atoms with van der Waals surface area (Å²) in [7, 11) is 1.63. The van der Waals surface area contributed by atoms with Gasteiger partial charge in [0.15, 0.2) is 0 Å². The highest BCUT2D eigenvalue weighted by molar-refractivity contribution is 6.54. The average molecular weight is 351 g/mol. The molecule has 2 aromatic carbocycles. The first-order valence-corrected chi connectivity index (χ1v) is 8.70. The van der Waals surface area contributed by atoms with Crippen LogP contribution < -0.4 is 9.64 Å². The predicted octanol–water partition coefficient (Wildman–Crippen LogP) is 2.45. The first-order chi connectivity index (χ1) is 12.8. The van der Waals surface area contributed by atoms with E-state index in [0.717, 1.165) is 35.8 Å². The number of ether oxygens (including phenoxy) is 2. The van der Waals surface area contributed by atoms with Gasteiger partial charge in [-0.25, -0.2) is 4.99 Å². The smallest absolute Gasteiger partial charge is 0.278 e. The van der Waals surface area contributed by atoms with Gasteiger partial charge in [0.05, 0.1) is 38.4 Å². The molecular formula is C20H21N3O3. The molecule has 134 valence electrons. The van der Waals surface area contributed by atoms with Crippen molar-refractivity contribution in [1.29, 1.82) is 0 Å². The van der Waals surface area contributed by atoms with Crippen molar-refractivity contribution in [2.45, 2.75) is 0 Å². The summed E-state index contributed by atoms with van der Waals surface area (Å²) in [5.74, 6) is 0.703. The Morgan fingerprint density at radius 1 is 1.08 bits per heavy atom. The number of benzene rings is 2. The molecule has 0 spiro atoms. The third kappa shape index (κ3) is 3.21. The second kappa shape index (κ2) is 7.27. The maximum Gasteiger partial charge on any atom is 0.278 e. The average Bonchev–Trinajstić information content (AvgIpc) is 2.95. The molecule has 6 nitrogen and oxygen atoms in total. The van der Waals surface area contributed by atoms with Gasteiger partial charge in [-0.2, -0.15) is 0 Å². The monoisotopic (exact) mass is 351 g/mol. The zero-order chi connectivity index (χ0) is 17.9. The van der Waals surface area contributed by atoms with Crippen molar-refractivity contribution in [2.24, 2.45) is 4.99 Å². The van der Waals surface area contributed by atoms with Crippen LogP contribution in [-0.4, -0.2) is 56.6 Å². The van der Waals surface area contributed by atoms with Gasteiger partial charge in [0.1, 0.15) is 11.5 Å². The molecule has 0 radical (unpaired) electrons. The number of nitrogens with zero attached hydrogens (tertiary/aromatic N) is 3. The van der Waals surface area contributed by atoms with E-state index in [9.17, 15) is 4.79 Å². The van der Waals surface area contributed by atoms with Crippen LogP contribution in [0.5, 0.6) is 5.75 Å². The van der Waals surface area contributed by atoms with E-state index in [1.165, 1.54) is 0 Å². The Kier molecular flexibility index (Phi) is 4.69. The largest absolute Gasteiger partial charge is 0.497 e. The minimum Gasteiger partial charge on any atom is -0.497 e. The van der Waals surface area contributed by atoms with Gasteiger partial charge in [-0.1, -0.05) is 18.2 Å². The summed E-state index contributed by atoms with van der Waals surface area (Å²) in [5.41, 5.74) is 3.01. The van der Waals surface area contributed by atoms with Crippen molar-refractivity contribution < 1.29 is 14.3 Å². The highest BCUT2D eigenvalue weighted by atomic mass is 16.5. The summed E-state index contributed by atoms with van der Waals surface area (Å²) >= 11 is 0. The number of rotatable bonds is 4. The van der Waals surface area contributed by atoms with E-state index in [1.807, 2.05) is 53.4 Å². The van der Waals surface area contributed by atoms with Crippen LogP contribution in [0.15, 0.2) is 53.5 Å². The van der Waals surface area contributed by atoms with Crippen LogP contribution in [0.25, 0.3) is 0 Å². The molecular weight excluding hydrogens is 330 g/mol. The molecule has 1 fully saturated rings. The number of methoxy groups -OCH3 is 1. The number of hydrogen-bond acceptors (Lipinski definition) is 5. The first kappa shape index (κ1) is 16.8. The number of fused-ring (bicyclic) bond motifs is 1. The van der Waals surface area contributed by atoms with E-state index >= 15 is 0 Å². The Hall–Kier alpha value is -2.70. The molecule has 2 aliphatic rings. The fourth-order valence-corrected chi connectivity index (χ4v) is 3.24. The first-order valence-electron chi connectivity index (χ1n) is 8.70. The van der Waals surface area contributed by atoms with E-state index in [4.69, 9.17) is 9.47 Å². The predicted molar refractivity (Wildman–Crippen MR) is 100 cm³/mol. The van der Waals surface area contributed by atoms with Crippen LogP contribution in [0.1, 0.15) is 5.56 Å². The van der Waals surface area contributed by atoms with Gasteiger partial charge in [0.2, 0.25) is 0 Å². The van der Waals surface area contributed by atoms with E-state index < -0.39 is 0 Å². The molecule has 0 saturated carbocycles. The molecule has 0 N–H and O–H groups in total. The van der Waals surface area contributed by atoms with Crippen molar-refractivity contribution in [1.82, 2.24) is 4.90 Å². The molecule has 2 aromatic rings. The molecule has 1 saturated heterocycles. The van der Waals surface area contributed by atoms with E-state index in [-0.39, 0.29) is 5.91 Å². The quantitative estimate of drug-likeness (QED) is 0.849. The lowest BCUT2D eigenvalue weighted by Crippen LogP contribution is -2.45. The second-order valence-corrected chi connectivity index (χ2v) is 6.28. The lowest BCUT2D eigenvalue weighted by atomic mass is 10.1. The maximum atomic E-state index is 13.1. The zero-order valence-corrected chi connectivity index (χ0v) is 14.7. The molecule has 0 atom stereocenters. The molecule has 4 rings (SSSR count). The number of hydrogen-bond donors (Lipinski definition) is 0. The minimum absolute atomic E-state index is 0.0616. The van der Waals surface area contributed by atoms with Crippen molar-refractivity contribution >= 4 is 23.0 Å². The summed E-state index contributed by atoms with van der Waals surface area (Å²) in [4.78, 5) is 21.7. The molecule has 0 bridgehead atoms. The summed E-state index contributed by atoms with van der Waals surface area (Å²) in [6.07, 6.45) is 0. The van der Waals surface area contributed by atoms with Crippen LogP contribution in [0, 0.1) is 0 Å². The van der Waals surface area contributed by atoms with Crippen molar-refractivity contribution in [3.05, 3.63) is 54.1 Å². The van der Waals surface area contributed by atoms with Crippen LogP contribution in [0.2, 0.25) is 0 Å². The van der Waals surface area contributed by atoms with E-state index in [2.05, 4.69) is 9.89 Å². The molecule has 26 heavy (non-hydrogen) atoms. The minimum atomic E-state index is -0.0616. The van der Waals surface area contributed by atoms with Gasteiger partial charge in [0, 0.05) is 18.7 Å². The lowest BCUT2D eigenvalue weighted by molar-refractivity contribution is -0.112. The van der Waals surface area contributed by atoms with Gasteiger partial charge in [0.25, 0.3) is 5.91 Å². The zero-order valence-electron chi connectivity index (χ0n) is 14.7. The molecule has 2 aliphatic heterocycles. The fraction of sp³-hybridized carbons (Fsp3) is 0.300. The second-order valence-electron chi connectivity index (χ2n) is 6.28. The van der Waals surface area contributed by atoms with Crippen LogP contribution >= 0.6 is 0 Å². The Labute approximate surface area is 152 Å². The maximum absolute atomic E-state index is 13.1. The van der Waals surface area contributed by atoms with Crippen LogP contribution in [0.3, 0.4) is 0 Å². The summed E-state index contributed by atoms with van der Waals surface area (Å²) < 4.78 is 10.6. The van der Waals surface area contributed by atoms with Crippen molar-refractivity contribution in [3.8, 4) is 5.75 Å². The third-order valence-corrected chi connectivity index (χ3v) is 4.66. The Balaban J connectivity index is 1.65. The highest BCUT2D eigenvalue weighted by Gasteiger charge is 2.34. The van der Waals surface area contributed by atoms with Gasteiger partial charge in [-0.15, -0.1) is 0 Å². The summed E-state index contributed by atoms with van der Waals surface area (Å²) in [6.45, 7) is 3.63. The highest BCUT2D eigenvalue weighted by Crippen LogP contribution is 2.31. The van der Waals surface area contributed by atoms with Gasteiger partial charge in [-0.05, 0) is 30.3 Å². The SMILES string of the molecule is COc1ccc(N=C2C(=O)N(CN3CCOCC3)c3ccccc32)cc1. The van der Waals surface area contributed by atoms with Crippen LogP contribution in [0.4, 0.5) is 11.4 Å². The van der Waals surface area contributed by atoms with Crippen LogP contribution in [-0.2, 0) is 9.53 Å². The van der Waals surface area contributed by atoms with E-state index in [0.29, 0.717) is 25.6 Å². The summed E-state index contributed by atoms with van der Waals surface area (Å²) in [5, 5.41) is 0. The Bertz CT molecular complexity index is 826. The molecule has 0 aromatic heterocycles. The van der Waals surface area contributed by atoms with E-state index in [1.54, 1.807) is 7.11 Å². The lowest BCUT2D eigenvalue weighted by Gasteiger charge is -2.30. The molecule has 6 heteroatoms. The summed E-state index contributed by atoms with van der Waals surface area (Å²) in [6, 6.07) is 15.2. The number of carbonyl (C=O) groups excluding carboxylic acids is 1. The molecule has 2 heterocycles. The Morgan fingerprint density at radius 2 is 1.81 bits per heavy atom. The van der Waals surface area contributed by atoms with Crippen molar-refractivity contribution in [2.75, 3.05) is 45.0 Å². The molecule has 0 unspecified atom stereocenters. The molecule has 1 amide bonds. The van der Waals surface area contributed by atoms with Gasteiger partial charge >= 0.3 is 0 Å². The van der Waals surface area contributed by atoms with Gasteiger partial charge < -0.3 is 9.47 Å². The fourth-order valence-electron chi connectivity index (χ4n) is 3.24. The van der Waals surface area contributed by atoms with Crippen molar-refractivity contribution in [3.63, 3.8) is 0 Å². The number of morpholine rings is 1. The normalized spacial score (nSPS) is 19.0. The number of carbonyl (C=O) groups is 1. The number of para-hydroxylation sites is 1. The van der Waals surface area contributed by atoms with Gasteiger partial charge in [-0.3, -0.25) is 14.6 Å². The Morgan fingerprint density at radius 3 is 2.54 bits per heavy atom. The third-order valence-electron chi connectivity index (χ3n) is 4.66. The standard InChI is InChI=1S/C20H21N3O3/c1-25-16-8-6-15(7-9-16)21-19-17-4-2-3-5-18(17)23(20(19)24)14-22-10-12-26-13-11-22/h2-9H,10-14H2,1H3. The number of aliphatic imine (C=N–C) groups is 1.